The maximum atomic E-state index is 12.0. The van der Waals surface area contributed by atoms with E-state index in [0.717, 1.165) is 44.0 Å². The van der Waals surface area contributed by atoms with Crippen LogP contribution in [-0.2, 0) is 16.0 Å². The second-order valence-corrected chi connectivity index (χ2v) is 6.26. The Morgan fingerprint density at radius 3 is 2.58 bits per heavy atom. The molecule has 24 heavy (non-hydrogen) atoms. The highest BCUT2D eigenvalue weighted by Gasteiger charge is 2.11. The van der Waals surface area contributed by atoms with E-state index in [1.54, 1.807) is 12.1 Å². The molecule has 3 rings (SSSR count). The Labute approximate surface area is 147 Å². The molecule has 0 bridgehead atoms. The van der Waals surface area contributed by atoms with Gasteiger partial charge in [-0.25, -0.2) is 0 Å². The summed E-state index contributed by atoms with van der Waals surface area (Å²) < 4.78 is 5.37. The lowest BCUT2D eigenvalue weighted by Crippen LogP contribution is -2.36. The molecule has 1 N–H and O–H groups in total. The first-order chi connectivity index (χ1) is 11.7. The normalized spacial score (nSPS) is 14.5. The van der Waals surface area contributed by atoms with Crippen LogP contribution in [-0.4, -0.2) is 32.2 Å². The van der Waals surface area contributed by atoms with Gasteiger partial charge in [0.1, 0.15) is 0 Å². The van der Waals surface area contributed by atoms with E-state index in [1.165, 1.54) is 5.69 Å². The van der Waals surface area contributed by atoms with Gasteiger partial charge in [-0.3, -0.25) is 4.79 Å². The average molecular weight is 345 g/mol. The second-order valence-electron chi connectivity index (χ2n) is 5.82. The fraction of sp³-hybridized carbons (Fsp3) is 0.316. The third kappa shape index (κ3) is 4.73. The summed E-state index contributed by atoms with van der Waals surface area (Å²) in [5.74, 6) is -0.00507. The minimum absolute atomic E-state index is 0.00507. The molecule has 0 aromatic heterocycles. The van der Waals surface area contributed by atoms with E-state index in [0.29, 0.717) is 11.4 Å². The average Bonchev–Trinajstić information content (AvgIpc) is 2.61. The molecular weight excluding hydrogens is 324 g/mol. The van der Waals surface area contributed by atoms with Gasteiger partial charge in [0.05, 0.1) is 13.2 Å². The quantitative estimate of drug-likeness (QED) is 0.898. The number of morpholine rings is 1. The fourth-order valence-corrected chi connectivity index (χ4v) is 2.93. The van der Waals surface area contributed by atoms with Gasteiger partial charge in [-0.2, -0.15) is 0 Å². The Morgan fingerprint density at radius 1 is 1.12 bits per heavy atom. The minimum atomic E-state index is -0.00507. The van der Waals surface area contributed by atoms with Crippen LogP contribution in [0.4, 0.5) is 11.4 Å². The van der Waals surface area contributed by atoms with E-state index in [4.69, 9.17) is 16.3 Å². The number of carbonyl (C=O) groups is 1. The van der Waals surface area contributed by atoms with Crippen molar-refractivity contribution in [2.24, 2.45) is 0 Å². The minimum Gasteiger partial charge on any atom is -0.378 e. The Morgan fingerprint density at radius 2 is 1.88 bits per heavy atom. The summed E-state index contributed by atoms with van der Waals surface area (Å²) in [6, 6.07) is 15.6. The summed E-state index contributed by atoms with van der Waals surface area (Å²) in [6.45, 7) is 3.43. The van der Waals surface area contributed by atoms with E-state index in [2.05, 4.69) is 34.5 Å². The molecule has 0 saturated carbocycles. The monoisotopic (exact) mass is 344 g/mol. The highest BCUT2D eigenvalue weighted by Crippen LogP contribution is 2.18. The molecule has 0 unspecified atom stereocenters. The van der Waals surface area contributed by atoms with Crippen LogP contribution in [0.2, 0.25) is 5.02 Å². The number of carbonyl (C=O) groups excluding carboxylic acids is 1. The summed E-state index contributed by atoms with van der Waals surface area (Å²) in [4.78, 5) is 14.4. The van der Waals surface area contributed by atoms with Crippen molar-refractivity contribution in [3.63, 3.8) is 0 Å². The van der Waals surface area contributed by atoms with E-state index in [1.807, 2.05) is 12.1 Å². The van der Waals surface area contributed by atoms with Crippen molar-refractivity contribution in [3.8, 4) is 0 Å². The molecule has 0 atom stereocenters. The van der Waals surface area contributed by atoms with Crippen molar-refractivity contribution in [2.45, 2.75) is 12.8 Å². The zero-order chi connectivity index (χ0) is 16.8. The summed E-state index contributed by atoms with van der Waals surface area (Å²) in [6.07, 6.45) is 1.17. The molecule has 0 radical (unpaired) electrons. The number of hydrogen-bond donors (Lipinski definition) is 1. The van der Waals surface area contributed by atoms with Crippen molar-refractivity contribution in [1.29, 1.82) is 0 Å². The van der Waals surface area contributed by atoms with Crippen molar-refractivity contribution in [2.75, 3.05) is 36.5 Å². The van der Waals surface area contributed by atoms with Crippen LogP contribution in [0.1, 0.15) is 12.0 Å². The third-order valence-electron chi connectivity index (χ3n) is 4.06. The number of rotatable bonds is 5. The molecule has 5 heteroatoms. The first-order valence-corrected chi connectivity index (χ1v) is 8.55. The van der Waals surface area contributed by atoms with Gasteiger partial charge in [0, 0.05) is 35.9 Å². The summed E-state index contributed by atoms with van der Waals surface area (Å²) in [5.41, 5.74) is 3.11. The largest absolute Gasteiger partial charge is 0.378 e. The summed E-state index contributed by atoms with van der Waals surface area (Å²) in [5, 5.41) is 3.49. The Balaban J connectivity index is 1.50. The molecule has 0 aliphatic carbocycles. The number of halogens is 1. The van der Waals surface area contributed by atoms with Crippen LogP contribution >= 0.6 is 11.6 Å². The van der Waals surface area contributed by atoms with Gasteiger partial charge < -0.3 is 15.0 Å². The summed E-state index contributed by atoms with van der Waals surface area (Å²) in [7, 11) is 0. The number of anilines is 2. The van der Waals surface area contributed by atoms with Crippen molar-refractivity contribution >= 4 is 28.9 Å². The van der Waals surface area contributed by atoms with Gasteiger partial charge in [-0.05, 0) is 42.3 Å². The first-order valence-electron chi connectivity index (χ1n) is 8.18. The predicted octanol–water partition coefficient (Wildman–Crippen LogP) is 3.75. The fourth-order valence-electron chi connectivity index (χ4n) is 2.74. The number of ether oxygens (including phenoxy) is 1. The maximum Gasteiger partial charge on any atom is 0.224 e. The number of hydrogen-bond acceptors (Lipinski definition) is 3. The lowest BCUT2D eigenvalue weighted by Gasteiger charge is -2.28. The Bertz CT molecular complexity index is 682. The van der Waals surface area contributed by atoms with Crippen molar-refractivity contribution in [3.05, 3.63) is 59.1 Å². The van der Waals surface area contributed by atoms with Crippen LogP contribution in [0, 0.1) is 0 Å². The molecule has 0 spiro atoms. The zero-order valence-corrected chi connectivity index (χ0v) is 14.3. The summed E-state index contributed by atoms with van der Waals surface area (Å²) >= 11 is 5.92. The molecule has 4 nitrogen and oxygen atoms in total. The molecule has 126 valence electrons. The van der Waals surface area contributed by atoms with Crippen LogP contribution in [0.15, 0.2) is 48.5 Å². The lowest BCUT2D eigenvalue weighted by atomic mass is 10.1. The second kappa shape index (κ2) is 8.18. The van der Waals surface area contributed by atoms with E-state index < -0.39 is 0 Å². The van der Waals surface area contributed by atoms with Crippen LogP contribution in [0.5, 0.6) is 0 Å². The predicted molar refractivity (Wildman–Crippen MR) is 97.9 cm³/mol. The van der Waals surface area contributed by atoms with Gasteiger partial charge in [0.2, 0.25) is 5.91 Å². The number of amides is 1. The first kappa shape index (κ1) is 16.8. The molecule has 1 aliphatic rings. The molecule has 2 aromatic carbocycles. The highest BCUT2D eigenvalue weighted by molar-refractivity contribution is 6.30. The number of nitrogens with zero attached hydrogens (tertiary/aromatic N) is 1. The van der Waals surface area contributed by atoms with Crippen molar-refractivity contribution in [1.82, 2.24) is 0 Å². The van der Waals surface area contributed by atoms with Crippen LogP contribution < -0.4 is 10.2 Å². The Hall–Kier alpha value is -2.04. The van der Waals surface area contributed by atoms with Gasteiger partial charge in [0.15, 0.2) is 0 Å². The van der Waals surface area contributed by atoms with Gasteiger partial charge >= 0.3 is 0 Å². The SMILES string of the molecule is O=C(CCc1ccc(N2CCOCC2)cc1)Nc1cccc(Cl)c1. The van der Waals surface area contributed by atoms with Crippen LogP contribution in [0.25, 0.3) is 0 Å². The molecule has 2 aromatic rings. The molecule has 1 heterocycles. The maximum absolute atomic E-state index is 12.0. The Kier molecular flexibility index (Phi) is 5.72. The molecule has 1 amide bonds. The number of aryl methyl sites for hydroxylation is 1. The molecule has 1 saturated heterocycles. The highest BCUT2D eigenvalue weighted by atomic mass is 35.5. The topological polar surface area (TPSA) is 41.6 Å². The van der Waals surface area contributed by atoms with E-state index >= 15 is 0 Å². The smallest absolute Gasteiger partial charge is 0.224 e. The van der Waals surface area contributed by atoms with Gasteiger partial charge in [-0.1, -0.05) is 29.8 Å². The number of nitrogens with one attached hydrogen (secondary N) is 1. The van der Waals surface area contributed by atoms with Crippen molar-refractivity contribution < 1.29 is 9.53 Å². The molecule has 1 fully saturated rings. The van der Waals surface area contributed by atoms with Gasteiger partial charge in [-0.15, -0.1) is 0 Å². The van der Waals surface area contributed by atoms with E-state index in [-0.39, 0.29) is 5.91 Å². The standard InChI is InChI=1S/C19H21ClN2O2/c20-16-2-1-3-17(14-16)21-19(23)9-6-15-4-7-18(8-5-15)22-10-12-24-13-11-22/h1-5,7-8,14H,6,9-13H2,(H,21,23). The third-order valence-corrected chi connectivity index (χ3v) is 4.30. The van der Waals surface area contributed by atoms with E-state index in [9.17, 15) is 4.79 Å². The van der Waals surface area contributed by atoms with Gasteiger partial charge in [0.25, 0.3) is 0 Å². The zero-order valence-electron chi connectivity index (χ0n) is 13.5. The lowest BCUT2D eigenvalue weighted by molar-refractivity contribution is -0.116. The molecular formula is C19H21ClN2O2. The number of benzene rings is 2. The molecule has 1 aliphatic heterocycles. The van der Waals surface area contributed by atoms with Crippen LogP contribution in [0.3, 0.4) is 0 Å².